The maximum Gasteiger partial charge on any atom is 0.276 e. The van der Waals surface area contributed by atoms with Crippen molar-refractivity contribution in [1.29, 1.82) is 0 Å². The Morgan fingerprint density at radius 1 is 1.06 bits per heavy atom. The molecule has 172 valence electrons. The van der Waals surface area contributed by atoms with E-state index < -0.39 is 0 Å². The van der Waals surface area contributed by atoms with Crippen LogP contribution in [0.25, 0.3) is 0 Å². The number of amides is 1. The van der Waals surface area contributed by atoms with E-state index in [-0.39, 0.29) is 18.6 Å². The van der Waals surface area contributed by atoms with Crippen molar-refractivity contribution in [2.45, 2.75) is 70.4 Å². The molecule has 1 aromatic carbocycles. The van der Waals surface area contributed by atoms with E-state index in [1.54, 1.807) is 6.07 Å². The third kappa shape index (κ3) is 5.27. The van der Waals surface area contributed by atoms with Crippen LogP contribution in [0.3, 0.4) is 0 Å². The fourth-order valence-corrected chi connectivity index (χ4v) is 5.01. The molecule has 3 aromatic rings. The number of pyridine rings is 1. The molecule has 1 aliphatic carbocycles. The molecule has 5 rings (SSSR count). The summed E-state index contributed by atoms with van der Waals surface area (Å²) in [5.41, 5.74) is 4.25. The van der Waals surface area contributed by atoms with Gasteiger partial charge < -0.3 is 14.2 Å². The number of rotatable bonds is 7. The minimum absolute atomic E-state index is 0.0514. The molecular formula is C27H31N3O3. The molecule has 2 aromatic heterocycles. The average Bonchev–Trinajstić information content (AvgIpc) is 3.36. The van der Waals surface area contributed by atoms with Crippen molar-refractivity contribution >= 4 is 5.91 Å². The Hall–Kier alpha value is -3.15. The summed E-state index contributed by atoms with van der Waals surface area (Å²) in [7, 11) is 0. The lowest BCUT2D eigenvalue weighted by Gasteiger charge is -2.35. The molecule has 1 saturated heterocycles. The Labute approximate surface area is 194 Å². The fourth-order valence-electron chi connectivity index (χ4n) is 5.01. The third-order valence-corrected chi connectivity index (χ3v) is 6.83. The highest BCUT2D eigenvalue weighted by atomic mass is 16.5. The first kappa shape index (κ1) is 21.7. The topological polar surface area (TPSA) is 68.5 Å². The summed E-state index contributed by atoms with van der Waals surface area (Å²) < 4.78 is 11.4. The largest absolute Gasteiger partial charge is 0.486 e. The number of benzene rings is 1. The van der Waals surface area contributed by atoms with Gasteiger partial charge in [0.05, 0.1) is 0 Å². The number of hydrogen-bond acceptors (Lipinski definition) is 5. The van der Waals surface area contributed by atoms with Crippen LogP contribution < -0.4 is 4.74 Å². The summed E-state index contributed by atoms with van der Waals surface area (Å²) in [4.78, 5) is 19.6. The van der Waals surface area contributed by atoms with Gasteiger partial charge in [-0.05, 0) is 93.2 Å². The smallest absolute Gasteiger partial charge is 0.276 e. The normalized spacial score (nSPS) is 18.1. The van der Waals surface area contributed by atoms with Crippen molar-refractivity contribution in [3.63, 3.8) is 0 Å². The number of piperidine rings is 1. The highest BCUT2D eigenvalue weighted by Gasteiger charge is 2.29. The molecule has 0 saturated carbocycles. The molecule has 0 unspecified atom stereocenters. The zero-order valence-electron chi connectivity index (χ0n) is 19.0. The van der Waals surface area contributed by atoms with Crippen molar-refractivity contribution in [2.75, 3.05) is 6.54 Å². The van der Waals surface area contributed by atoms with Gasteiger partial charge in [0.1, 0.15) is 12.4 Å². The van der Waals surface area contributed by atoms with Crippen molar-refractivity contribution in [3.8, 4) is 5.75 Å². The van der Waals surface area contributed by atoms with E-state index in [0.29, 0.717) is 11.5 Å². The molecule has 6 heteroatoms. The van der Waals surface area contributed by atoms with E-state index in [1.165, 1.54) is 24.0 Å². The summed E-state index contributed by atoms with van der Waals surface area (Å²) in [6.45, 7) is 1.03. The third-order valence-electron chi connectivity index (χ3n) is 6.83. The first-order chi connectivity index (χ1) is 16.3. The molecule has 0 spiro atoms. The van der Waals surface area contributed by atoms with Crippen molar-refractivity contribution < 1.29 is 14.1 Å². The van der Waals surface area contributed by atoms with Crippen molar-refractivity contribution in [3.05, 3.63) is 76.9 Å². The van der Waals surface area contributed by atoms with Crippen LogP contribution in [0.5, 0.6) is 5.75 Å². The Morgan fingerprint density at radius 3 is 2.85 bits per heavy atom. The van der Waals surface area contributed by atoms with E-state index in [0.717, 1.165) is 62.9 Å². The number of ether oxygens (including phenoxy) is 1. The second-order valence-corrected chi connectivity index (χ2v) is 9.11. The first-order valence-electron chi connectivity index (χ1n) is 12.2. The van der Waals surface area contributed by atoms with E-state index in [9.17, 15) is 4.79 Å². The second kappa shape index (κ2) is 10.2. The summed E-state index contributed by atoms with van der Waals surface area (Å²) in [6, 6.07) is 14.2. The van der Waals surface area contributed by atoms with Gasteiger partial charge in [-0.15, -0.1) is 0 Å². The van der Waals surface area contributed by atoms with Gasteiger partial charge in [0.15, 0.2) is 11.5 Å². The Bertz CT molecular complexity index is 1080. The minimum Gasteiger partial charge on any atom is -0.486 e. The molecule has 3 heterocycles. The predicted molar refractivity (Wildman–Crippen MR) is 125 cm³/mol. The van der Waals surface area contributed by atoms with Crippen molar-refractivity contribution in [2.24, 2.45) is 0 Å². The predicted octanol–water partition coefficient (Wildman–Crippen LogP) is 5.15. The van der Waals surface area contributed by atoms with Crippen LogP contribution in [0.1, 0.15) is 71.6 Å². The fraction of sp³-hybridized carbons (Fsp3) is 0.444. The Morgan fingerprint density at radius 2 is 1.97 bits per heavy atom. The highest BCUT2D eigenvalue weighted by Crippen LogP contribution is 2.26. The van der Waals surface area contributed by atoms with Gasteiger partial charge in [-0.3, -0.25) is 9.78 Å². The van der Waals surface area contributed by atoms with E-state index >= 15 is 0 Å². The molecule has 33 heavy (non-hydrogen) atoms. The maximum absolute atomic E-state index is 13.2. The first-order valence-corrected chi connectivity index (χ1v) is 12.2. The highest BCUT2D eigenvalue weighted by molar-refractivity contribution is 5.92. The molecule has 0 radical (unpaired) electrons. The Kier molecular flexibility index (Phi) is 6.70. The van der Waals surface area contributed by atoms with Crippen LogP contribution in [0.4, 0.5) is 0 Å². The number of carbonyl (C=O) groups is 1. The molecule has 1 aliphatic heterocycles. The number of aryl methyl sites for hydroxylation is 3. The van der Waals surface area contributed by atoms with Gasteiger partial charge in [-0.1, -0.05) is 17.3 Å². The average molecular weight is 446 g/mol. The molecule has 0 bridgehead atoms. The standard InChI is InChI=1S/C27H31N3O3/c31-27(30-16-6-4-10-23(30)13-12-22-9-3-5-15-28-22)26-18-25(33-29-26)19-32-24-14-11-20-7-1-2-8-21(20)17-24/h3,5,9,11,14-15,17-18,23H,1-2,4,6-8,10,12-13,16,19H2/t23-/m0/s1. The van der Waals surface area contributed by atoms with Gasteiger partial charge in [-0.25, -0.2) is 0 Å². The number of likely N-dealkylation sites (tertiary alicyclic amines) is 1. The zero-order chi connectivity index (χ0) is 22.5. The van der Waals surface area contributed by atoms with Gasteiger partial charge in [-0.2, -0.15) is 0 Å². The SMILES string of the molecule is O=C(c1cc(COc2ccc3c(c2)CCCC3)on1)N1CCCC[C@H]1CCc1ccccn1. The van der Waals surface area contributed by atoms with Crippen LogP contribution in [0.15, 0.2) is 53.2 Å². The van der Waals surface area contributed by atoms with Gasteiger partial charge in [0, 0.05) is 30.5 Å². The lowest BCUT2D eigenvalue weighted by atomic mass is 9.92. The van der Waals surface area contributed by atoms with E-state index in [4.69, 9.17) is 9.26 Å². The lowest BCUT2D eigenvalue weighted by molar-refractivity contribution is 0.0591. The molecule has 1 atom stereocenters. The summed E-state index contributed by atoms with van der Waals surface area (Å²) in [5, 5.41) is 4.07. The molecule has 1 fully saturated rings. The van der Waals surface area contributed by atoms with Crippen molar-refractivity contribution in [1.82, 2.24) is 15.0 Å². The molecular weight excluding hydrogens is 414 g/mol. The number of nitrogens with zero attached hydrogens (tertiary/aromatic N) is 3. The molecule has 2 aliphatic rings. The number of hydrogen-bond donors (Lipinski definition) is 0. The lowest BCUT2D eigenvalue weighted by Crippen LogP contribution is -2.44. The number of aromatic nitrogens is 2. The van der Waals surface area contributed by atoms with Gasteiger partial charge in [0.25, 0.3) is 5.91 Å². The quantitative estimate of drug-likeness (QED) is 0.503. The van der Waals surface area contributed by atoms with Crippen LogP contribution in [0, 0.1) is 0 Å². The zero-order valence-corrected chi connectivity index (χ0v) is 19.0. The van der Waals surface area contributed by atoms with Crippen LogP contribution in [-0.2, 0) is 25.9 Å². The van der Waals surface area contributed by atoms with Crippen LogP contribution in [0.2, 0.25) is 0 Å². The minimum atomic E-state index is -0.0514. The van der Waals surface area contributed by atoms with Crippen LogP contribution >= 0.6 is 0 Å². The second-order valence-electron chi connectivity index (χ2n) is 9.11. The van der Waals surface area contributed by atoms with E-state index in [1.807, 2.05) is 35.4 Å². The van der Waals surface area contributed by atoms with Gasteiger partial charge >= 0.3 is 0 Å². The van der Waals surface area contributed by atoms with E-state index in [2.05, 4.69) is 22.3 Å². The van der Waals surface area contributed by atoms with Gasteiger partial charge in [0.2, 0.25) is 0 Å². The molecule has 6 nitrogen and oxygen atoms in total. The number of fused-ring (bicyclic) bond motifs is 1. The molecule has 1 amide bonds. The summed E-state index contributed by atoms with van der Waals surface area (Å²) >= 11 is 0. The summed E-state index contributed by atoms with van der Waals surface area (Å²) in [6.07, 6.45) is 11.6. The molecule has 0 N–H and O–H groups in total. The maximum atomic E-state index is 13.2. The summed E-state index contributed by atoms with van der Waals surface area (Å²) in [5.74, 6) is 1.35. The van der Waals surface area contributed by atoms with Crippen LogP contribution in [-0.4, -0.2) is 33.5 Å². The monoisotopic (exact) mass is 445 g/mol. The Balaban J connectivity index is 1.19. The number of carbonyl (C=O) groups excluding carboxylic acids is 1.